The van der Waals surface area contributed by atoms with E-state index in [1.54, 1.807) is 38.1 Å². The third-order valence-electron chi connectivity index (χ3n) is 8.88. The van der Waals surface area contributed by atoms with Crippen LogP contribution in [0.4, 0.5) is 21.1 Å². The molecule has 0 fully saturated rings. The van der Waals surface area contributed by atoms with Gasteiger partial charge in [-0.15, -0.1) is 6.42 Å². The normalized spacial score (nSPS) is 11.8. The van der Waals surface area contributed by atoms with E-state index in [4.69, 9.17) is 36.8 Å². The molecule has 0 saturated heterocycles. The highest BCUT2D eigenvalue weighted by Crippen LogP contribution is 2.21. The highest BCUT2D eigenvalue weighted by Gasteiger charge is 2.29. The fourth-order valence-corrected chi connectivity index (χ4v) is 5.79. The summed E-state index contributed by atoms with van der Waals surface area (Å²) >= 11 is 4.49. The summed E-state index contributed by atoms with van der Waals surface area (Å²) in [5.74, 6) is 0.138. The van der Waals surface area contributed by atoms with Crippen molar-refractivity contribution in [3.8, 4) is 18.4 Å². The molecule has 22 nitrogen and oxygen atoms in total. The van der Waals surface area contributed by atoms with E-state index in [2.05, 4.69) is 64.8 Å². The van der Waals surface area contributed by atoms with Crippen molar-refractivity contribution in [3.05, 3.63) is 40.3 Å². The molecule has 0 bridgehead atoms. The van der Waals surface area contributed by atoms with Gasteiger partial charge in [0.05, 0.1) is 57.9 Å². The number of carbonyl (C=O) groups is 5. The number of carbonyl (C=O) groups excluding carboxylic acids is 5. The SMILES string of the molecule is C#CCn1c(=O)n(C(=O)NCc2ccc(NC(=O)[C@H](CCCNC(N)=O)NC(=O)[C@@H](NC(=O)COCCOCCOCCN=C=S)C(C)C)cc2)c2c(N)nc(OCCCC)nc21. The van der Waals surface area contributed by atoms with Crippen LogP contribution in [0.5, 0.6) is 6.01 Å². The molecule has 3 rings (SSSR count). The number of hydrogen-bond acceptors (Lipinski definition) is 15. The lowest BCUT2D eigenvalue weighted by atomic mass is 10.0. The lowest BCUT2D eigenvalue weighted by Crippen LogP contribution is -2.55. The number of aromatic nitrogens is 4. The fraction of sp³-hybridized carbons (Fsp3) is 0.525. The van der Waals surface area contributed by atoms with Crippen molar-refractivity contribution >= 4 is 69.8 Å². The van der Waals surface area contributed by atoms with Crippen LogP contribution in [-0.2, 0) is 41.7 Å². The van der Waals surface area contributed by atoms with Crippen LogP contribution < -0.4 is 48.5 Å². The Hall–Kier alpha value is -6.44. The van der Waals surface area contributed by atoms with Crippen LogP contribution in [0.25, 0.3) is 11.2 Å². The van der Waals surface area contributed by atoms with E-state index >= 15 is 0 Å². The minimum Gasteiger partial charge on any atom is -0.463 e. The Morgan fingerprint density at radius 2 is 1.63 bits per heavy atom. The second kappa shape index (κ2) is 27.5. The van der Waals surface area contributed by atoms with Crippen molar-refractivity contribution < 1.29 is 42.9 Å². The molecule has 2 aromatic heterocycles. The molecule has 0 unspecified atom stereocenters. The molecule has 9 N–H and O–H groups in total. The molecule has 2 atom stereocenters. The van der Waals surface area contributed by atoms with E-state index in [9.17, 15) is 28.8 Å². The van der Waals surface area contributed by atoms with Crippen molar-refractivity contribution in [1.82, 2.24) is 40.4 Å². The first kappa shape index (κ1) is 50.9. The summed E-state index contributed by atoms with van der Waals surface area (Å²) in [7, 11) is 0. The van der Waals surface area contributed by atoms with Crippen molar-refractivity contribution in [2.75, 3.05) is 70.4 Å². The number of fused-ring (bicyclic) bond motifs is 1. The number of terminal acetylenes is 1. The number of nitrogens with two attached hydrogens (primary N) is 2. The van der Waals surface area contributed by atoms with E-state index in [-0.39, 0.29) is 81.2 Å². The highest BCUT2D eigenvalue weighted by molar-refractivity contribution is 7.78. The third kappa shape index (κ3) is 17.1. The minimum absolute atomic E-state index is 0.0295. The van der Waals surface area contributed by atoms with Gasteiger partial charge in [-0.05, 0) is 55.1 Å². The van der Waals surface area contributed by atoms with Crippen LogP contribution in [0, 0.1) is 18.3 Å². The summed E-state index contributed by atoms with van der Waals surface area (Å²) in [4.78, 5) is 89.9. The van der Waals surface area contributed by atoms with E-state index in [1.807, 2.05) is 6.92 Å². The Kier molecular flexibility index (Phi) is 22.2. The summed E-state index contributed by atoms with van der Waals surface area (Å²) in [5, 5.41) is 15.5. The van der Waals surface area contributed by atoms with Gasteiger partial charge >= 0.3 is 23.8 Å². The van der Waals surface area contributed by atoms with Gasteiger partial charge in [0.15, 0.2) is 11.5 Å². The number of aliphatic imine (C=N–C) groups is 1. The Balaban J connectivity index is 1.61. The summed E-state index contributed by atoms with van der Waals surface area (Å²) in [6, 6.07) is 2.74. The number of isothiocyanates is 1. The van der Waals surface area contributed by atoms with Crippen LogP contribution in [0.15, 0.2) is 34.1 Å². The van der Waals surface area contributed by atoms with Gasteiger partial charge in [0.1, 0.15) is 24.2 Å². The Morgan fingerprint density at radius 3 is 2.29 bits per heavy atom. The van der Waals surface area contributed by atoms with Crippen LogP contribution >= 0.6 is 12.2 Å². The smallest absolute Gasteiger partial charge is 0.339 e. The second-order valence-corrected chi connectivity index (χ2v) is 14.2. The third-order valence-corrected chi connectivity index (χ3v) is 9.01. The van der Waals surface area contributed by atoms with Gasteiger partial charge in [-0.2, -0.15) is 9.97 Å². The van der Waals surface area contributed by atoms with Gasteiger partial charge in [-0.3, -0.25) is 19.0 Å². The number of nitrogen functional groups attached to an aromatic ring is 1. The molecule has 0 saturated carbocycles. The summed E-state index contributed by atoms with van der Waals surface area (Å²) in [6.45, 7) is 7.22. The lowest BCUT2D eigenvalue weighted by molar-refractivity contribution is -0.134. The number of rotatable bonds is 28. The van der Waals surface area contributed by atoms with E-state index in [0.29, 0.717) is 44.2 Å². The Bertz CT molecular complexity index is 2150. The zero-order valence-corrected chi connectivity index (χ0v) is 36.4. The number of thiocarbonyl (C=S) groups is 1. The molecule has 0 spiro atoms. The van der Waals surface area contributed by atoms with Crippen LogP contribution in [0.1, 0.15) is 52.0 Å². The van der Waals surface area contributed by atoms with Gasteiger partial charge in [0.25, 0.3) is 0 Å². The van der Waals surface area contributed by atoms with Gasteiger partial charge in [0.2, 0.25) is 17.7 Å². The second-order valence-electron chi connectivity index (χ2n) is 14.1. The zero-order valence-electron chi connectivity index (χ0n) is 35.6. The number of benzene rings is 1. The van der Waals surface area contributed by atoms with E-state index < -0.39 is 47.6 Å². The Labute approximate surface area is 369 Å². The minimum atomic E-state index is -1.08. The van der Waals surface area contributed by atoms with Crippen molar-refractivity contribution in [2.45, 2.75) is 71.6 Å². The molecule has 1 aromatic carbocycles. The maximum Gasteiger partial charge on any atom is 0.339 e. The maximum absolute atomic E-state index is 13.6. The molecule has 0 aliphatic heterocycles. The first-order valence-electron chi connectivity index (χ1n) is 20.2. The van der Waals surface area contributed by atoms with Crippen molar-refractivity contribution in [3.63, 3.8) is 0 Å². The number of ether oxygens (including phenoxy) is 4. The average Bonchev–Trinajstić information content (AvgIpc) is 3.53. The number of urea groups is 1. The van der Waals surface area contributed by atoms with Gasteiger partial charge in [0, 0.05) is 18.8 Å². The van der Waals surface area contributed by atoms with Crippen LogP contribution in [-0.4, -0.2) is 125 Å². The van der Waals surface area contributed by atoms with Crippen LogP contribution in [0.3, 0.4) is 0 Å². The molecule has 0 radical (unpaired) electrons. The number of amides is 6. The number of nitrogens with one attached hydrogen (secondary N) is 5. The summed E-state index contributed by atoms with van der Waals surface area (Å²) in [5.41, 5.74) is 11.6. The van der Waals surface area contributed by atoms with Gasteiger partial charge < -0.3 is 57.0 Å². The van der Waals surface area contributed by atoms with Crippen molar-refractivity contribution in [1.29, 1.82) is 0 Å². The molecule has 2 heterocycles. The first-order chi connectivity index (χ1) is 30.3. The molecular weight excluding hydrogens is 841 g/mol. The number of nitrogens with zero attached hydrogens (tertiary/aromatic N) is 5. The number of imidazole rings is 1. The summed E-state index contributed by atoms with van der Waals surface area (Å²) < 4.78 is 23.6. The lowest BCUT2D eigenvalue weighted by Gasteiger charge is -2.25. The van der Waals surface area contributed by atoms with Crippen LogP contribution in [0.2, 0.25) is 0 Å². The molecule has 342 valence electrons. The van der Waals surface area contributed by atoms with Gasteiger partial charge in [-0.25, -0.2) is 23.9 Å². The first-order valence-corrected chi connectivity index (χ1v) is 20.6. The molecule has 3 aromatic rings. The highest BCUT2D eigenvalue weighted by atomic mass is 32.1. The standard InChI is InChI=1S/C40H56N12O10S/c1-5-7-17-62-38-49-33(41)32-34(50-38)51(16-6-2)40(58)52(32)39(57)45-23-27-10-12-28(13-11-27)46-35(54)29(9-8-14-44-37(42)56)47-36(55)31(26(3)4)48-30(53)24-61-22-21-60-20-19-59-18-15-43-25-63/h2,10-13,26,29,31H,5,7-9,14-24H2,1,3-4H3,(H,45,57)(H,46,54)(H,47,55)(H,48,53)(H2,41,49,50)(H3,42,44,56)/t29-,31-/m0/s1. The van der Waals surface area contributed by atoms with E-state index in [0.717, 1.165) is 22.0 Å². The average molecular weight is 897 g/mol. The molecular formula is C40H56N12O10S. The number of anilines is 2. The topological polar surface area (TPSA) is 300 Å². The predicted octanol–water partition coefficient (Wildman–Crippen LogP) is 0.910. The molecule has 6 amide bonds. The molecule has 0 aliphatic rings. The molecule has 63 heavy (non-hydrogen) atoms. The fourth-order valence-electron chi connectivity index (χ4n) is 5.69. The molecule has 0 aliphatic carbocycles. The largest absolute Gasteiger partial charge is 0.463 e. The monoisotopic (exact) mass is 896 g/mol. The number of hydrogen-bond donors (Lipinski definition) is 7. The number of unbranched alkanes of at least 4 members (excludes halogenated alkanes) is 1. The molecule has 23 heteroatoms. The Morgan fingerprint density at radius 1 is 0.937 bits per heavy atom. The zero-order chi connectivity index (χ0) is 46.1. The number of primary amides is 1. The van der Waals surface area contributed by atoms with Gasteiger partial charge in [-0.1, -0.05) is 45.2 Å². The van der Waals surface area contributed by atoms with E-state index in [1.165, 1.54) is 0 Å². The predicted molar refractivity (Wildman–Crippen MR) is 236 cm³/mol. The quantitative estimate of drug-likeness (QED) is 0.0231. The maximum atomic E-state index is 13.6. The summed E-state index contributed by atoms with van der Waals surface area (Å²) in [6.07, 6.45) is 7.50. The van der Waals surface area contributed by atoms with Crippen molar-refractivity contribution in [2.24, 2.45) is 16.6 Å².